The molecule has 1 fully saturated rings. The van der Waals surface area contributed by atoms with Gasteiger partial charge in [-0.05, 0) is 49.4 Å². The molecular formula is C34H33N5O2. The molecule has 1 saturated carbocycles. The number of anilines is 1. The lowest BCUT2D eigenvalue weighted by Gasteiger charge is -2.30. The summed E-state index contributed by atoms with van der Waals surface area (Å²) in [5, 5.41) is 7.69. The summed E-state index contributed by atoms with van der Waals surface area (Å²) in [6, 6.07) is 28.5. The van der Waals surface area contributed by atoms with Crippen LogP contribution in [-0.4, -0.2) is 32.7 Å². The van der Waals surface area contributed by atoms with Gasteiger partial charge in [0.2, 0.25) is 5.95 Å². The lowest BCUT2D eigenvalue weighted by atomic mass is 9.91. The van der Waals surface area contributed by atoms with Crippen LogP contribution in [-0.2, 0) is 11.3 Å². The van der Waals surface area contributed by atoms with Gasteiger partial charge in [-0.25, -0.2) is 14.8 Å². The van der Waals surface area contributed by atoms with Gasteiger partial charge in [-0.2, -0.15) is 0 Å². The molecule has 2 aromatic heterocycles. The summed E-state index contributed by atoms with van der Waals surface area (Å²) in [7, 11) is 0. The average Bonchev–Trinajstić information content (AvgIpc) is 3.41. The minimum atomic E-state index is -0.386. The molecule has 2 heterocycles. The third kappa shape index (κ3) is 5.99. The average molecular weight is 544 g/mol. The standard InChI is InChI=1S/C34H33N5O2/c1-2-25-21-35-33(36-26-14-11-15-27(20-26)37-34(40)41-23-24-12-5-3-6-13-24)38-32(25)30-22-39(28-16-7-4-8-17-28)31-19-10-9-18-29(30)31/h2-10,12-13,16-19,21-22,26-27H,1,11,14-15,20,23H2,(H,37,40)(H,35,36,38)/t26-,27+/m1/s1. The van der Waals surface area contributed by atoms with Crippen molar-refractivity contribution in [2.45, 2.75) is 44.4 Å². The van der Waals surface area contributed by atoms with Crippen molar-refractivity contribution in [3.63, 3.8) is 0 Å². The fourth-order valence-electron chi connectivity index (χ4n) is 5.56. The highest BCUT2D eigenvalue weighted by Crippen LogP contribution is 2.34. The predicted molar refractivity (Wildman–Crippen MR) is 164 cm³/mol. The number of hydrogen-bond acceptors (Lipinski definition) is 5. The van der Waals surface area contributed by atoms with E-state index in [4.69, 9.17) is 9.72 Å². The number of ether oxygens (including phenoxy) is 1. The van der Waals surface area contributed by atoms with Crippen LogP contribution >= 0.6 is 0 Å². The number of nitrogens with zero attached hydrogens (tertiary/aromatic N) is 3. The fourth-order valence-corrected chi connectivity index (χ4v) is 5.56. The van der Waals surface area contributed by atoms with E-state index in [0.717, 1.165) is 64.7 Å². The van der Waals surface area contributed by atoms with Crippen LogP contribution in [0.4, 0.5) is 10.7 Å². The van der Waals surface area contributed by atoms with Crippen LogP contribution in [0.3, 0.4) is 0 Å². The molecule has 0 spiro atoms. The molecule has 0 aliphatic heterocycles. The molecule has 1 aliphatic rings. The molecule has 5 aromatic rings. The molecule has 0 unspecified atom stereocenters. The van der Waals surface area contributed by atoms with E-state index < -0.39 is 0 Å². The first-order valence-corrected chi connectivity index (χ1v) is 14.1. The van der Waals surface area contributed by atoms with Crippen molar-refractivity contribution in [3.8, 4) is 16.9 Å². The lowest BCUT2D eigenvalue weighted by molar-refractivity contribution is 0.132. The molecule has 7 heteroatoms. The third-order valence-corrected chi connectivity index (χ3v) is 7.58. The maximum absolute atomic E-state index is 12.4. The zero-order valence-electron chi connectivity index (χ0n) is 22.9. The predicted octanol–water partition coefficient (Wildman–Crippen LogP) is 7.38. The molecule has 3 aromatic carbocycles. The van der Waals surface area contributed by atoms with E-state index in [-0.39, 0.29) is 24.8 Å². The van der Waals surface area contributed by atoms with Crippen molar-refractivity contribution in [1.82, 2.24) is 19.9 Å². The third-order valence-electron chi connectivity index (χ3n) is 7.58. The van der Waals surface area contributed by atoms with Crippen molar-refractivity contribution in [1.29, 1.82) is 0 Å². The first-order valence-electron chi connectivity index (χ1n) is 14.1. The van der Waals surface area contributed by atoms with Gasteiger partial charge in [-0.1, -0.05) is 79.4 Å². The number of amides is 1. The summed E-state index contributed by atoms with van der Waals surface area (Å²) in [6.45, 7) is 4.28. The summed E-state index contributed by atoms with van der Waals surface area (Å²) >= 11 is 0. The van der Waals surface area contributed by atoms with E-state index in [0.29, 0.717) is 5.95 Å². The fraction of sp³-hybridized carbons (Fsp3) is 0.206. The van der Waals surface area contributed by atoms with Gasteiger partial charge in [-0.3, -0.25) is 0 Å². The molecule has 2 N–H and O–H groups in total. The highest BCUT2D eigenvalue weighted by molar-refractivity contribution is 5.98. The summed E-state index contributed by atoms with van der Waals surface area (Å²) in [6.07, 6.45) is 9.04. The molecule has 1 amide bonds. The Labute approximate surface area is 239 Å². The summed E-state index contributed by atoms with van der Waals surface area (Å²) in [4.78, 5) is 22.1. The monoisotopic (exact) mass is 543 g/mol. The zero-order valence-corrected chi connectivity index (χ0v) is 22.9. The smallest absolute Gasteiger partial charge is 0.407 e. The van der Waals surface area contributed by atoms with E-state index in [1.807, 2.05) is 54.7 Å². The molecule has 41 heavy (non-hydrogen) atoms. The first-order chi connectivity index (χ1) is 20.2. The highest BCUT2D eigenvalue weighted by Gasteiger charge is 2.25. The Hall–Kier alpha value is -4.91. The van der Waals surface area contributed by atoms with Gasteiger partial charge in [0, 0.05) is 46.7 Å². The molecule has 7 nitrogen and oxygen atoms in total. The summed E-state index contributed by atoms with van der Waals surface area (Å²) in [5.41, 5.74) is 5.89. The van der Waals surface area contributed by atoms with Gasteiger partial charge in [0.1, 0.15) is 6.61 Å². The number of alkyl carbamates (subject to hydrolysis) is 1. The maximum atomic E-state index is 12.4. The normalized spacial score (nSPS) is 16.7. The Bertz CT molecular complexity index is 1650. The molecule has 6 rings (SSSR count). The number of carbonyl (C=O) groups excluding carboxylic acids is 1. The van der Waals surface area contributed by atoms with E-state index in [1.54, 1.807) is 6.08 Å². The van der Waals surface area contributed by atoms with Crippen LogP contribution in [0.25, 0.3) is 33.9 Å². The van der Waals surface area contributed by atoms with Crippen LogP contribution in [0.15, 0.2) is 104 Å². The SMILES string of the molecule is C=Cc1cnc(N[C@@H]2CCC[C@H](NC(=O)OCc3ccccc3)C2)nc1-c1cn(-c2ccccc2)c2ccccc12. The van der Waals surface area contributed by atoms with Gasteiger partial charge in [0.25, 0.3) is 0 Å². The number of para-hydroxylation sites is 2. The van der Waals surface area contributed by atoms with Gasteiger partial charge < -0.3 is 19.9 Å². The number of rotatable bonds is 8. The summed E-state index contributed by atoms with van der Waals surface area (Å²) < 4.78 is 7.63. The van der Waals surface area contributed by atoms with Crippen molar-refractivity contribution < 1.29 is 9.53 Å². The molecule has 0 radical (unpaired) electrons. The molecule has 2 atom stereocenters. The Morgan fingerprint density at radius 2 is 1.71 bits per heavy atom. The van der Waals surface area contributed by atoms with Crippen LogP contribution in [0, 0.1) is 0 Å². The molecule has 0 bridgehead atoms. The van der Waals surface area contributed by atoms with Crippen molar-refractivity contribution >= 4 is 29.0 Å². The van der Waals surface area contributed by atoms with E-state index >= 15 is 0 Å². The number of carbonyl (C=O) groups is 1. The number of hydrogen-bond donors (Lipinski definition) is 2. The van der Waals surface area contributed by atoms with Crippen molar-refractivity contribution in [2.75, 3.05) is 5.32 Å². The largest absolute Gasteiger partial charge is 0.445 e. The second-order valence-electron chi connectivity index (χ2n) is 10.4. The molecule has 1 aliphatic carbocycles. The van der Waals surface area contributed by atoms with Crippen molar-refractivity contribution in [3.05, 3.63) is 115 Å². The van der Waals surface area contributed by atoms with Gasteiger partial charge in [0.15, 0.2) is 0 Å². The number of fused-ring (bicyclic) bond motifs is 1. The van der Waals surface area contributed by atoms with Crippen molar-refractivity contribution in [2.24, 2.45) is 0 Å². The van der Waals surface area contributed by atoms with Crippen LogP contribution in [0.5, 0.6) is 0 Å². The van der Waals surface area contributed by atoms with Gasteiger partial charge in [0.05, 0.1) is 11.2 Å². The zero-order chi connectivity index (χ0) is 28.0. The molecular weight excluding hydrogens is 510 g/mol. The quantitative estimate of drug-likeness (QED) is 0.213. The number of aromatic nitrogens is 3. The second kappa shape index (κ2) is 12.1. The highest BCUT2D eigenvalue weighted by atomic mass is 16.5. The minimum Gasteiger partial charge on any atom is -0.445 e. The van der Waals surface area contributed by atoms with Gasteiger partial charge in [-0.15, -0.1) is 0 Å². The van der Waals surface area contributed by atoms with Crippen LogP contribution in [0.1, 0.15) is 36.8 Å². The molecule has 206 valence electrons. The van der Waals surface area contributed by atoms with Gasteiger partial charge >= 0.3 is 6.09 Å². The van der Waals surface area contributed by atoms with E-state index in [2.05, 4.69) is 69.4 Å². The lowest BCUT2D eigenvalue weighted by Crippen LogP contribution is -2.42. The number of benzene rings is 3. The Kier molecular flexibility index (Phi) is 7.76. The van der Waals surface area contributed by atoms with Crippen LogP contribution in [0.2, 0.25) is 0 Å². The molecule has 0 saturated heterocycles. The topological polar surface area (TPSA) is 81.1 Å². The Balaban J connectivity index is 1.19. The maximum Gasteiger partial charge on any atom is 0.407 e. The van der Waals surface area contributed by atoms with E-state index in [9.17, 15) is 4.79 Å². The van der Waals surface area contributed by atoms with E-state index in [1.165, 1.54) is 0 Å². The second-order valence-corrected chi connectivity index (χ2v) is 10.4. The Morgan fingerprint density at radius 3 is 2.51 bits per heavy atom. The first kappa shape index (κ1) is 26.3. The summed E-state index contributed by atoms with van der Waals surface area (Å²) in [5.74, 6) is 0.569. The Morgan fingerprint density at radius 1 is 0.976 bits per heavy atom. The van der Waals surface area contributed by atoms with Crippen LogP contribution < -0.4 is 10.6 Å². The minimum absolute atomic E-state index is 0.0280. The number of nitrogens with one attached hydrogen (secondary N) is 2.